The maximum absolute atomic E-state index is 13.3. The quantitative estimate of drug-likeness (QED) is 0.447. The molecule has 0 bridgehead atoms. The molecule has 1 atom stereocenters. The Morgan fingerprint density at radius 1 is 1.10 bits per heavy atom. The van der Waals surface area contributed by atoms with E-state index in [1.54, 1.807) is 24.3 Å². The number of sulfonamides is 1. The second kappa shape index (κ2) is 12.6. The topological polar surface area (TPSA) is 110 Å². The minimum atomic E-state index is -3.87. The molecule has 29 heavy (non-hydrogen) atoms. The standard InChI is InChI=1S/C21H35N3O4S/c1-4-6-8-18(16-20(22)25)24(15-13-21(26)23-14-7-5-2)29(27,28)19-11-9-17(3)10-12-19/h9-12,18H,4-8,13-16H2,1-3H3,(H2,22,25)(H,23,26). The molecule has 1 aromatic carbocycles. The highest BCUT2D eigenvalue weighted by Gasteiger charge is 2.32. The number of amides is 2. The highest BCUT2D eigenvalue weighted by molar-refractivity contribution is 7.89. The molecule has 1 unspecified atom stereocenters. The van der Waals surface area contributed by atoms with E-state index in [2.05, 4.69) is 5.32 Å². The normalized spacial score (nSPS) is 12.7. The summed E-state index contributed by atoms with van der Waals surface area (Å²) in [5, 5.41) is 2.81. The van der Waals surface area contributed by atoms with Gasteiger partial charge in [0.05, 0.1) is 4.90 Å². The number of nitrogens with zero attached hydrogens (tertiary/aromatic N) is 1. The molecule has 2 amide bonds. The van der Waals surface area contributed by atoms with Gasteiger partial charge >= 0.3 is 0 Å². The van der Waals surface area contributed by atoms with Crippen LogP contribution < -0.4 is 11.1 Å². The summed E-state index contributed by atoms with van der Waals surface area (Å²) >= 11 is 0. The summed E-state index contributed by atoms with van der Waals surface area (Å²) in [5.74, 6) is -0.751. The van der Waals surface area contributed by atoms with Gasteiger partial charge in [-0.15, -0.1) is 0 Å². The van der Waals surface area contributed by atoms with E-state index in [-0.39, 0.29) is 30.2 Å². The van der Waals surface area contributed by atoms with Crippen LogP contribution in [0, 0.1) is 6.92 Å². The minimum absolute atomic E-state index is 0.00975. The zero-order valence-electron chi connectivity index (χ0n) is 17.8. The predicted molar refractivity (Wildman–Crippen MR) is 115 cm³/mol. The molecule has 8 heteroatoms. The average Bonchev–Trinajstić information content (AvgIpc) is 2.66. The summed E-state index contributed by atoms with van der Waals surface area (Å²) in [7, 11) is -3.87. The first-order valence-electron chi connectivity index (χ1n) is 10.4. The summed E-state index contributed by atoms with van der Waals surface area (Å²) in [4.78, 5) is 23.9. The van der Waals surface area contributed by atoms with Crippen molar-refractivity contribution in [1.29, 1.82) is 0 Å². The van der Waals surface area contributed by atoms with Crippen LogP contribution in [0.25, 0.3) is 0 Å². The second-order valence-electron chi connectivity index (χ2n) is 7.35. The Hall–Kier alpha value is -1.93. The number of hydrogen-bond donors (Lipinski definition) is 2. The van der Waals surface area contributed by atoms with Crippen LogP contribution in [-0.4, -0.2) is 43.7 Å². The number of carbonyl (C=O) groups is 2. The van der Waals surface area contributed by atoms with Crippen molar-refractivity contribution in [1.82, 2.24) is 9.62 Å². The summed E-state index contributed by atoms with van der Waals surface area (Å²) in [6.07, 6.45) is 3.95. The van der Waals surface area contributed by atoms with Gasteiger partial charge in [-0.2, -0.15) is 4.31 Å². The fourth-order valence-electron chi connectivity index (χ4n) is 3.07. The molecule has 0 aliphatic rings. The molecule has 0 aromatic heterocycles. The van der Waals surface area contributed by atoms with Gasteiger partial charge in [0.2, 0.25) is 21.8 Å². The lowest BCUT2D eigenvalue weighted by molar-refractivity contribution is -0.121. The molecule has 164 valence electrons. The van der Waals surface area contributed by atoms with Gasteiger partial charge in [0.25, 0.3) is 0 Å². The molecule has 0 aliphatic heterocycles. The van der Waals surface area contributed by atoms with Gasteiger partial charge in [-0.3, -0.25) is 9.59 Å². The van der Waals surface area contributed by atoms with E-state index in [1.165, 1.54) is 4.31 Å². The number of rotatable bonds is 14. The van der Waals surface area contributed by atoms with Crippen molar-refractivity contribution in [2.45, 2.75) is 76.7 Å². The van der Waals surface area contributed by atoms with Gasteiger partial charge < -0.3 is 11.1 Å². The number of nitrogens with one attached hydrogen (secondary N) is 1. The van der Waals surface area contributed by atoms with Gasteiger partial charge in [0.15, 0.2) is 0 Å². The monoisotopic (exact) mass is 425 g/mol. The van der Waals surface area contributed by atoms with Crippen molar-refractivity contribution in [2.75, 3.05) is 13.1 Å². The maximum Gasteiger partial charge on any atom is 0.243 e. The molecular formula is C21H35N3O4S. The van der Waals surface area contributed by atoms with Crippen LogP contribution in [0.4, 0.5) is 0 Å². The van der Waals surface area contributed by atoms with Crippen molar-refractivity contribution in [3.63, 3.8) is 0 Å². The van der Waals surface area contributed by atoms with Gasteiger partial charge in [0, 0.05) is 32.0 Å². The lowest BCUT2D eigenvalue weighted by Crippen LogP contribution is -2.44. The van der Waals surface area contributed by atoms with Crippen molar-refractivity contribution < 1.29 is 18.0 Å². The van der Waals surface area contributed by atoms with E-state index in [9.17, 15) is 18.0 Å². The summed E-state index contributed by atoms with van der Waals surface area (Å²) in [6.45, 7) is 6.49. The third-order valence-corrected chi connectivity index (χ3v) is 6.74. The first-order chi connectivity index (χ1) is 13.7. The summed E-state index contributed by atoms with van der Waals surface area (Å²) in [5.41, 5.74) is 6.35. The number of aryl methyl sites for hydroxylation is 1. The molecule has 0 saturated carbocycles. The molecular weight excluding hydrogens is 390 g/mol. The van der Waals surface area contributed by atoms with E-state index in [0.717, 1.165) is 31.2 Å². The third kappa shape index (κ3) is 8.53. The minimum Gasteiger partial charge on any atom is -0.370 e. The van der Waals surface area contributed by atoms with Crippen LogP contribution in [-0.2, 0) is 19.6 Å². The number of unbranched alkanes of at least 4 members (excludes halogenated alkanes) is 2. The van der Waals surface area contributed by atoms with Crippen LogP contribution >= 0.6 is 0 Å². The zero-order chi connectivity index (χ0) is 21.9. The average molecular weight is 426 g/mol. The molecule has 0 fully saturated rings. The first kappa shape index (κ1) is 25.1. The van der Waals surface area contributed by atoms with E-state index in [4.69, 9.17) is 5.73 Å². The summed E-state index contributed by atoms with van der Waals surface area (Å²) in [6, 6.07) is 6.01. The van der Waals surface area contributed by atoms with Gasteiger partial charge in [-0.05, 0) is 31.9 Å². The largest absolute Gasteiger partial charge is 0.370 e. The Bertz CT molecular complexity index is 748. The molecule has 0 radical (unpaired) electrons. The van der Waals surface area contributed by atoms with Gasteiger partial charge in [-0.1, -0.05) is 50.8 Å². The highest BCUT2D eigenvalue weighted by atomic mass is 32.2. The summed E-state index contributed by atoms with van der Waals surface area (Å²) < 4.78 is 28.0. The number of hydrogen-bond acceptors (Lipinski definition) is 4. The molecule has 1 aromatic rings. The lowest BCUT2D eigenvalue weighted by atomic mass is 10.1. The number of nitrogens with two attached hydrogens (primary N) is 1. The van der Waals surface area contributed by atoms with Crippen LogP contribution in [0.5, 0.6) is 0 Å². The molecule has 3 N–H and O–H groups in total. The number of benzene rings is 1. The van der Waals surface area contributed by atoms with Crippen molar-refractivity contribution in [2.24, 2.45) is 5.73 Å². The Morgan fingerprint density at radius 2 is 1.72 bits per heavy atom. The first-order valence-corrected chi connectivity index (χ1v) is 11.8. The van der Waals surface area contributed by atoms with E-state index in [0.29, 0.717) is 13.0 Å². The predicted octanol–water partition coefficient (Wildman–Crippen LogP) is 2.73. The van der Waals surface area contributed by atoms with Crippen molar-refractivity contribution in [3.05, 3.63) is 29.8 Å². The smallest absolute Gasteiger partial charge is 0.243 e. The molecule has 0 heterocycles. The molecule has 0 aliphatic carbocycles. The molecule has 0 saturated heterocycles. The fourth-order valence-corrected chi connectivity index (χ4v) is 4.72. The van der Waals surface area contributed by atoms with E-state index < -0.39 is 22.0 Å². The van der Waals surface area contributed by atoms with Gasteiger partial charge in [-0.25, -0.2) is 8.42 Å². The molecule has 1 rings (SSSR count). The maximum atomic E-state index is 13.3. The van der Waals surface area contributed by atoms with Crippen LogP contribution in [0.2, 0.25) is 0 Å². The van der Waals surface area contributed by atoms with Crippen LogP contribution in [0.1, 0.15) is 64.4 Å². The number of primary amides is 1. The SMILES string of the molecule is CCCCNC(=O)CCN(C(CCCC)CC(N)=O)S(=O)(=O)c1ccc(C)cc1. The molecule has 7 nitrogen and oxygen atoms in total. The zero-order valence-corrected chi connectivity index (χ0v) is 18.6. The third-order valence-electron chi connectivity index (χ3n) is 4.77. The Balaban J connectivity index is 3.12. The number of carbonyl (C=O) groups excluding carboxylic acids is 2. The molecule has 0 spiro atoms. The Kier molecular flexibility index (Phi) is 10.9. The van der Waals surface area contributed by atoms with Gasteiger partial charge in [0.1, 0.15) is 0 Å². The Labute approximate surface area is 175 Å². The van der Waals surface area contributed by atoms with E-state index in [1.807, 2.05) is 20.8 Å². The second-order valence-corrected chi connectivity index (χ2v) is 9.24. The van der Waals surface area contributed by atoms with Crippen molar-refractivity contribution >= 4 is 21.8 Å². The van der Waals surface area contributed by atoms with Crippen LogP contribution in [0.15, 0.2) is 29.2 Å². The van der Waals surface area contributed by atoms with Crippen molar-refractivity contribution in [3.8, 4) is 0 Å². The lowest BCUT2D eigenvalue weighted by Gasteiger charge is -2.30. The highest BCUT2D eigenvalue weighted by Crippen LogP contribution is 2.23. The fraction of sp³-hybridized carbons (Fsp3) is 0.619. The van der Waals surface area contributed by atoms with Crippen LogP contribution in [0.3, 0.4) is 0 Å². The Morgan fingerprint density at radius 3 is 2.28 bits per heavy atom. The van der Waals surface area contributed by atoms with E-state index >= 15 is 0 Å².